The Morgan fingerprint density at radius 2 is 1.83 bits per heavy atom. The molecule has 0 spiro atoms. The van der Waals surface area contributed by atoms with E-state index >= 15 is 0 Å². The van der Waals surface area contributed by atoms with Crippen LogP contribution in [0.15, 0.2) is 24.3 Å². The minimum absolute atomic E-state index is 0. The zero-order valence-corrected chi connectivity index (χ0v) is 15.8. The van der Waals surface area contributed by atoms with Crippen molar-refractivity contribution in [3.63, 3.8) is 0 Å². The smallest absolute Gasteiger partial charge is 0.227 e. The van der Waals surface area contributed by atoms with Crippen molar-refractivity contribution in [2.45, 2.75) is 38.2 Å². The molecule has 1 atom stereocenters. The first-order valence-electron chi connectivity index (χ1n) is 8.11. The topological polar surface area (TPSA) is 67.6 Å². The molecule has 5 nitrogen and oxygen atoms in total. The van der Waals surface area contributed by atoms with Crippen molar-refractivity contribution in [1.29, 1.82) is 0 Å². The molecule has 1 heterocycles. The van der Waals surface area contributed by atoms with Gasteiger partial charge in [0.05, 0.1) is 23.9 Å². The fourth-order valence-corrected chi connectivity index (χ4v) is 2.84. The summed E-state index contributed by atoms with van der Waals surface area (Å²) in [5.41, 5.74) is 7.56. The molecule has 1 amide bonds. The number of carbonyl (C=O) groups excluding carboxylic acids is 1. The van der Waals surface area contributed by atoms with Crippen molar-refractivity contribution in [2.75, 3.05) is 37.0 Å². The number of nitrogens with one attached hydrogen (secondary N) is 1. The van der Waals surface area contributed by atoms with Gasteiger partial charge in [0.2, 0.25) is 5.91 Å². The van der Waals surface area contributed by atoms with Crippen LogP contribution in [-0.4, -0.2) is 38.8 Å². The largest absolute Gasteiger partial charge is 0.380 e. The molecule has 1 fully saturated rings. The Balaban J connectivity index is 0.00000264. The van der Waals surface area contributed by atoms with E-state index in [1.165, 1.54) is 25.7 Å². The molecule has 1 unspecified atom stereocenters. The number of benzene rings is 1. The van der Waals surface area contributed by atoms with Gasteiger partial charge in [0.25, 0.3) is 0 Å². The Kier molecular flexibility index (Phi) is 11.8. The number of hydrogen-bond acceptors (Lipinski definition) is 4. The highest BCUT2D eigenvalue weighted by Crippen LogP contribution is 2.28. The number of nitrogens with zero attached hydrogens (tertiary/aromatic N) is 1. The average Bonchev–Trinajstić information content (AvgIpc) is 2.82. The van der Waals surface area contributed by atoms with Crippen molar-refractivity contribution < 1.29 is 9.53 Å². The van der Waals surface area contributed by atoms with Gasteiger partial charge in [0.1, 0.15) is 0 Å². The number of para-hydroxylation sites is 2. The molecule has 3 N–H and O–H groups in total. The van der Waals surface area contributed by atoms with Gasteiger partial charge in [0.15, 0.2) is 0 Å². The van der Waals surface area contributed by atoms with Gasteiger partial charge in [-0.3, -0.25) is 4.79 Å². The molecule has 7 heteroatoms. The number of methoxy groups -OCH3 is 1. The number of halogens is 2. The van der Waals surface area contributed by atoms with Gasteiger partial charge in [-0.05, 0) is 25.0 Å². The molecule has 0 radical (unpaired) electrons. The molecule has 1 aliphatic rings. The fourth-order valence-electron chi connectivity index (χ4n) is 2.84. The number of rotatable bonds is 6. The van der Waals surface area contributed by atoms with E-state index in [0.717, 1.165) is 24.5 Å². The van der Waals surface area contributed by atoms with Gasteiger partial charge in [-0.15, -0.1) is 24.8 Å². The predicted molar refractivity (Wildman–Crippen MR) is 105 cm³/mol. The van der Waals surface area contributed by atoms with Gasteiger partial charge in [0, 0.05) is 26.7 Å². The van der Waals surface area contributed by atoms with Gasteiger partial charge < -0.3 is 20.7 Å². The first-order valence-corrected chi connectivity index (χ1v) is 8.11. The SMILES string of the molecule is COC(CN)CC(=O)Nc1ccccc1N1CCCCCC1.Cl.Cl. The van der Waals surface area contributed by atoms with Crippen LogP contribution in [0.3, 0.4) is 0 Å². The van der Waals surface area contributed by atoms with Crippen molar-refractivity contribution in [3.05, 3.63) is 24.3 Å². The number of carbonyl (C=O) groups is 1. The van der Waals surface area contributed by atoms with Crippen LogP contribution in [0.2, 0.25) is 0 Å². The first-order chi connectivity index (χ1) is 10.7. The van der Waals surface area contributed by atoms with Gasteiger partial charge in [-0.1, -0.05) is 25.0 Å². The van der Waals surface area contributed by atoms with E-state index in [0.29, 0.717) is 6.54 Å². The lowest BCUT2D eigenvalue weighted by Crippen LogP contribution is -2.29. The maximum atomic E-state index is 12.2. The van der Waals surface area contributed by atoms with Crippen LogP contribution in [0.25, 0.3) is 0 Å². The standard InChI is InChI=1S/C17H27N3O2.2ClH/c1-22-14(13-18)12-17(21)19-15-8-4-5-9-16(15)20-10-6-2-3-7-11-20;;/h4-5,8-9,14H,2-3,6-7,10-13,18H2,1H3,(H,19,21);2*1H. The minimum atomic E-state index is -0.231. The maximum absolute atomic E-state index is 12.2. The summed E-state index contributed by atoms with van der Waals surface area (Å²) in [7, 11) is 1.58. The van der Waals surface area contributed by atoms with Crippen LogP contribution in [0, 0.1) is 0 Å². The van der Waals surface area contributed by atoms with Crippen LogP contribution in [0.5, 0.6) is 0 Å². The van der Waals surface area contributed by atoms with E-state index in [1.54, 1.807) is 7.11 Å². The molecule has 1 aliphatic heterocycles. The van der Waals surface area contributed by atoms with Gasteiger partial charge in [-0.2, -0.15) is 0 Å². The quantitative estimate of drug-likeness (QED) is 0.798. The number of hydrogen-bond donors (Lipinski definition) is 2. The summed E-state index contributed by atoms with van der Waals surface area (Å²) in [6.45, 7) is 2.45. The van der Waals surface area contributed by atoms with Crippen molar-refractivity contribution in [3.8, 4) is 0 Å². The highest BCUT2D eigenvalue weighted by molar-refractivity contribution is 5.94. The van der Waals surface area contributed by atoms with E-state index < -0.39 is 0 Å². The van der Waals surface area contributed by atoms with Crippen molar-refractivity contribution >= 4 is 42.1 Å². The van der Waals surface area contributed by atoms with Gasteiger partial charge in [-0.25, -0.2) is 0 Å². The van der Waals surface area contributed by atoms with Crippen LogP contribution in [0.4, 0.5) is 11.4 Å². The van der Waals surface area contributed by atoms with E-state index in [1.807, 2.05) is 18.2 Å². The third kappa shape index (κ3) is 6.85. The number of ether oxygens (including phenoxy) is 1. The van der Waals surface area contributed by atoms with Gasteiger partial charge >= 0.3 is 0 Å². The molecule has 0 bridgehead atoms. The second kappa shape index (κ2) is 12.4. The van der Waals surface area contributed by atoms with Crippen molar-refractivity contribution in [2.24, 2.45) is 5.73 Å². The van der Waals surface area contributed by atoms with E-state index in [4.69, 9.17) is 10.5 Å². The average molecular weight is 378 g/mol. The van der Waals surface area contributed by atoms with Crippen LogP contribution >= 0.6 is 24.8 Å². The monoisotopic (exact) mass is 377 g/mol. The molecule has 0 aliphatic carbocycles. The summed E-state index contributed by atoms with van der Waals surface area (Å²) in [6, 6.07) is 8.02. The minimum Gasteiger partial charge on any atom is -0.380 e. The third-order valence-corrected chi connectivity index (χ3v) is 4.13. The summed E-state index contributed by atoms with van der Waals surface area (Å²) in [6.07, 6.45) is 5.04. The Morgan fingerprint density at radius 1 is 1.21 bits per heavy atom. The lowest BCUT2D eigenvalue weighted by Gasteiger charge is -2.25. The lowest BCUT2D eigenvalue weighted by molar-refractivity contribution is -0.118. The van der Waals surface area contributed by atoms with E-state index in [-0.39, 0.29) is 43.2 Å². The second-order valence-corrected chi connectivity index (χ2v) is 5.76. The summed E-state index contributed by atoms with van der Waals surface area (Å²) in [5, 5.41) is 3.01. The normalized spacial score (nSPS) is 15.5. The number of anilines is 2. The Morgan fingerprint density at radius 3 is 2.42 bits per heavy atom. The Hall–Kier alpha value is -1.01. The zero-order valence-electron chi connectivity index (χ0n) is 14.2. The fraction of sp³-hybridized carbons (Fsp3) is 0.588. The lowest BCUT2D eigenvalue weighted by atomic mass is 10.2. The second-order valence-electron chi connectivity index (χ2n) is 5.76. The predicted octanol–water partition coefficient (Wildman–Crippen LogP) is 3.21. The maximum Gasteiger partial charge on any atom is 0.227 e. The number of amides is 1. The van der Waals surface area contributed by atoms with Crippen LogP contribution in [-0.2, 0) is 9.53 Å². The zero-order chi connectivity index (χ0) is 15.8. The molecule has 138 valence electrons. The molecule has 0 saturated carbocycles. The number of nitrogens with two attached hydrogens (primary N) is 1. The summed E-state index contributed by atoms with van der Waals surface area (Å²) in [5.74, 6) is -0.0560. The third-order valence-electron chi connectivity index (χ3n) is 4.13. The Bertz CT molecular complexity index is 477. The van der Waals surface area contributed by atoms with Crippen molar-refractivity contribution in [1.82, 2.24) is 0 Å². The van der Waals surface area contributed by atoms with Crippen LogP contribution in [0.1, 0.15) is 32.1 Å². The molecule has 1 aromatic carbocycles. The molecular weight excluding hydrogens is 349 g/mol. The summed E-state index contributed by atoms with van der Waals surface area (Å²) < 4.78 is 5.17. The Labute approximate surface area is 157 Å². The molecule has 0 aromatic heterocycles. The highest BCUT2D eigenvalue weighted by Gasteiger charge is 2.16. The first kappa shape index (κ1) is 23.0. The summed E-state index contributed by atoms with van der Waals surface area (Å²) >= 11 is 0. The molecule has 24 heavy (non-hydrogen) atoms. The molecule has 1 aromatic rings. The summed E-state index contributed by atoms with van der Waals surface area (Å²) in [4.78, 5) is 14.6. The van der Waals surface area contributed by atoms with E-state index in [9.17, 15) is 4.79 Å². The van der Waals surface area contributed by atoms with Crippen LogP contribution < -0.4 is 16.0 Å². The molecule has 1 saturated heterocycles. The highest BCUT2D eigenvalue weighted by atomic mass is 35.5. The molecule has 2 rings (SSSR count). The van der Waals surface area contributed by atoms with E-state index in [2.05, 4.69) is 16.3 Å². The molecular formula is C17H29Cl2N3O2.